The second kappa shape index (κ2) is 5.38. The van der Waals surface area contributed by atoms with Gasteiger partial charge in [0.25, 0.3) is 0 Å². The number of hydrogen-bond acceptors (Lipinski definition) is 1. The lowest BCUT2D eigenvalue weighted by atomic mass is 9.98. The molecule has 0 atom stereocenters. The SMILES string of the molecule is CC(=O)/C=C(\C)Cc1ccc(C)cc1C(F)(F)F. The largest absolute Gasteiger partial charge is 0.416 e. The Balaban J connectivity index is 3.14. The average Bonchev–Trinajstić information content (AvgIpc) is 2.17. The van der Waals surface area contributed by atoms with E-state index >= 15 is 0 Å². The summed E-state index contributed by atoms with van der Waals surface area (Å²) in [6.07, 6.45) is -2.87. The van der Waals surface area contributed by atoms with E-state index in [1.165, 1.54) is 19.1 Å². The van der Waals surface area contributed by atoms with Crippen molar-refractivity contribution in [2.75, 3.05) is 0 Å². The van der Waals surface area contributed by atoms with Crippen molar-refractivity contribution >= 4 is 5.78 Å². The standard InChI is InChI=1S/C14H15F3O/c1-9-4-5-12(7-10(2)6-11(3)18)13(8-9)14(15,16)17/h4-6,8H,7H2,1-3H3/b10-6+. The van der Waals surface area contributed by atoms with Gasteiger partial charge in [-0.05, 0) is 44.9 Å². The Kier molecular flexibility index (Phi) is 4.33. The summed E-state index contributed by atoms with van der Waals surface area (Å²) in [4.78, 5) is 10.9. The number of carbonyl (C=O) groups is 1. The summed E-state index contributed by atoms with van der Waals surface area (Å²) < 4.78 is 38.6. The van der Waals surface area contributed by atoms with E-state index in [-0.39, 0.29) is 17.8 Å². The summed E-state index contributed by atoms with van der Waals surface area (Å²) in [5.74, 6) is -0.159. The van der Waals surface area contributed by atoms with Crippen molar-refractivity contribution in [1.82, 2.24) is 0 Å². The third-order valence-corrected chi connectivity index (χ3v) is 2.49. The topological polar surface area (TPSA) is 17.1 Å². The molecule has 0 radical (unpaired) electrons. The molecule has 4 heteroatoms. The number of ketones is 1. The minimum absolute atomic E-state index is 0.134. The minimum atomic E-state index is -4.36. The van der Waals surface area contributed by atoms with Gasteiger partial charge >= 0.3 is 6.18 Å². The lowest BCUT2D eigenvalue weighted by Gasteiger charge is -2.13. The van der Waals surface area contributed by atoms with Crippen LogP contribution in [0.1, 0.15) is 30.5 Å². The highest BCUT2D eigenvalue weighted by molar-refractivity contribution is 5.87. The lowest BCUT2D eigenvalue weighted by molar-refractivity contribution is -0.138. The van der Waals surface area contributed by atoms with Gasteiger partial charge in [-0.2, -0.15) is 13.2 Å². The number of alkyl halides is 3. The van der Waals surface area contributed by atoms with Crippen molar-refractivity contribution in [3.8, 4) is 0 Å². The molecule has 0 unspecified atom stereocenters. The van der Waals surface area contributed by atoms with Crippen molar-refractivity contribution in [2.24, 2.45) is 0 Å². The van der Waals surface area contributed by atoms with Crippen LogP contribution in [-0.4, -0.2) is 5.78 Å². The smallest absolute Gasteiger partial charge is 0.295 e. The van der Waals surface area contributed by atoms with Crippen molar-refractivity contribution in [2.45, 2.75) is 33.4 Å². The van der Waals surface area contributed by atoms with E-state index in [4.69, 9.17) is 0 Å². The Morgan fingerprint density at radius 1 is 1.28 bits per heavy atom. The number of carbonyl (C=O) groups excluding carboxylic acids is 1. The van der Waals surface area contributed by atoms with Crippen LogP contribution in [-0.2, 0) is 17.4 Å². The van der Waals surface area contributed by atoms with Crippen molar-refractivity contribution in [3.63, 3.8) is 0 Å². The fourth-order valence-electron chi connectivity index (χ4n) is 1.81. The average molecular weight is 256 g/mol. The zero-order valence-electron chi connectivity index (χ0n) is 10.6. The summed E-state index contributed by atoms with van der Waals surface area (Å²) in [5, 5.41) is 0. The van der Waals surface area contributed by atoms with Gasteiger partial charge in [0.15, 0.2) is 5.78 Å². The molecule has 0 amide bonds. The first-order valence-electron chi connectivity index (χ1n) is 5.54. The first kappa shape index (κ1) is 14.5. The van der Waals surface area contributed by atoms with Crippen LogP contribution in [0.5, 0.6) is 0 Å². The number of hydrogen-bond donors (Lipinski definition) is 0. The molecule has 0 saturated carbocycles. The third-order valence-electron chi connectivity index (χ3n) is 2.49. The van der Waals surface area contributed by atoms with Gasteiger partial charge in [-0.1, -0.05) is 23.3 Å². The monoisotopic (exact) mass is 256 g/mol. The van der Waals surface area contributed by atoms with E-state index in [9.17, 15) is 18.0 Å². The molecular formula is C14H15F3O. The molecule has 0 heterocycles. The van der Waals surface area contributed by atoms with Crippen LogP contribution >= 0.6 is 0 Å². The van der Waals surface area contributed by atoms with Gasteiger partial charge in [0.1, 0.15) is 0 Å². The summed E-state index contributed by atoms with van der Waals surface area (Å²) in [6.45, 7) is 4.65. The zero-order valence-corrected chi connectivity index (χ0v) is 10.6. The maximum absolute atomic E-state index is 12.9. The first-order valence-corrected chi connectivity index (χ1v) is 5.54. The molecule has 1 nitrogen and oxygen atoms in total. The highest BCUT2D eigenvalue weighted by atomic mass is 19.4. The Labute approximate surface area is 104 Å². The molecule has 98 valence electrons. The predicted molar refractivity (Wildman–Crippen MR) is 64.3 cm³/mol. The quantitative estimate of drug-likeness (QED) is 0.744. The van der Waals surface area contributed by atoms with E-state index in [0.29, 0.717) is 11.1 Å². The van der Waals surface area contributed by atoms with E-state index in [0.717, 1.165) is 6.07 Å². The second-order valence-electron chi connectivity index (χ2n) is 4.44. The van der Waals surface area contributed by atoms with Gasteiger partial charge < -0.3 is 0 Å². The Hall–Kier alpha value is -1.58. The molecule has 0 aliphatic heterocycles. The number of benzene rings is 1. The molecule has 0 fully saturated rings. The Morgan fingerprint density at radius 2 is 1.89 bits per heavy atom. The van der Waals surface area contributed by atoms with Crippen LogP contribution in [0.4, 0.5) is 13.2 Å². The van der Waals surface area contributed by atoms with Crippen LogP contribution in [0, 0.1) is 6.92 Å². The van der Waals surface area contributed by atoms with Crippen molar-refractivity contribution < 1.29 is 18.0 Å². The third kappa shape index (κ3) is 4.02. The van der Waals surface area contributed by atoms with Crippen LogP contribution < -0.4 is 0 Å². The minimum Gasteiger partial charge on any atom is -0.295 e. The zero-order chi connectivity index (χ0) is 13.9. The molecule has 0 spiro atoms. The Bertz CT molecular complexity index is 484. The molecule has 18 heavy (non-hydrogen) atoms. The molecule has 0 aliphatic carbocycles. The summed E-state index contributed by atoms with van der Waals surface area (Å²) in [6, 6.07) is 4.25. The molecule has 0 bridgehead atoms. The number of allylic oxidation sites excluding steroid dienone is 2. The fraction of sp³-hybridized carbons (Fsp3) is 0.357. The molecule has 1 rings (SSSR count). The lowest BCUT2D eigenvalue weighted by Crippen LogP contribution is -2.10. The molecule has 0 aromatic heterocycles. The number of halogens is 3. The van der Waals surface area contributed by atoms with E-state index in [1.807, 2.05) is 0 Å². The van der Waals surface area contributed by atoms with Gasteiger partial charge in [0.05, 0.1) is 5.56 Å². The molecule has 0 saturated heterocycles. The van der Waals surface area contributed by atoms with Crippen LogP contribution in [0.3, 0.4) is 0 Å². The summed E-state index contributed by atoms with van der Waals surface area (Å²) in [5.41, 5.74) is 0.762. The fourth-order valence-corrected chi connectivity index (χ4v) is 1.81. The summed E-state index contributed by atoms with van der Waals surface area (Å²) >= 11 is 0. The first-order chi connectivity index (χ1) is 8.20. The highest BCUT2D eigenvalue weighted by Crippen LogP contribution is 2.33. The van der Waals surface area contributed by atoms with Gasteiger partial charge in [-0.3, -0.25) is 4.79 Å². The maximum Gasteiger partial charge on any atom is 0.416 e. The van der Waals surface area contributed by atoms with E-state index in [2.05, 4.69) is 0 Å². The number of aryl methyl sites for hydroxylation is 1. The normalized spacial score (nSPS) is 12.7. The van der Waals surface area contributed by atoms with Gasteiger partial charge in [0, 0.05) is 0 Å². The van der Waals surface area contributed by atoms with Crippen LogP contribution in [0.2, 0.25) is 0 Å². The van der Waals surface area contributed by atoms with E-state index < -0.39 is 11.7 Å². The van der Waals surface area contributed by atoms with Gasteiger partial charge in [-0.15, -0.1) is 0 Å². The second-order valence-corrected chi connectivity index (χ2v) is 4.44. The molecule has 1 aromatic rings. The van der Waals surface area contributed by atoms with Crippen LogP contribution in [0.15, 0.2) is 29.8 Å². The molecular weight excluding hydrogens is 241 g/mol. The van der Waals surface area contributed by atoms with Crippen molar-refractivity contribution in [3.05, 3.63) is 46.5 Å². The van der Waals surface area contributed by atoms with Gasteiger partial charge in [-0.25, -0.2) is 0 Å². The van der Waals surface area contributed by atoms with E-state index in [1.54, 1.807) is 19.9 Å². The van der Waals surface area contributed by atoms with Crippen LogP contribution in [0.25, 0.3) is 0 Å². The summed E-state index contributed by atoms with van der Waals surface area (Å²) in [7, 11) is 0. The Morgan fingerprint density at radius 3 is 2.39 bits per heavy atom. The predicted octanol–water partition coefficient (Wildman–Crippen LogP) is 4.09. The van der Waals surface area contributed by atoms with Gasteiger partial charge in [0.2, 0.25) is 0 Å². The number of rotatable bonds is 3. The molecule has 0 aliphatic rings. The molecule has 0 N–H and O–H groups in total. The highest BCUT2D eigenvalue weighted by Gasteiger charge is 2.33. The maximum atomic E-state index is 12.9. The molecule has 1 aromatic carbocycles. The van der Waals surface area contributed by atoms with Crippen molar-refractivity contribution in [1.29, 1.82) is 0 Å².